The van der Waals surface area contributed by atoms with Crippen LogP contribution in [0.4, 0.5) is 5.69 Å². The fraction of sp³-hybridized carbons (Fsp3) is 0.320. The van der Waals surface area contributed by atoms with E-state index in [2.05, 4.69) is 26.1 Å². The predicted molar refractivity (Wildman–Crippen MR) is 124 cm³/mol. The van der Waals surface area contributed by atoms with Crippen molar-refractivity contribution in [2.45, 2.75) is 47.0 Å². The van der Waals surface area contributed by atoms with Gasteiger partial charge in [0, 0.05) is 26.5 Å². The van der Waals surface area contributed by atoms with Gasteiger partial charge in [-0.05, 0) is 35.2 Å². The third-order valence-corrected chi connectivity index (χ3v) is 4.38. The van der Waals surface area contributed by atoms with E-state index in [4.69, 9.17) is 18.9 Å². The first-order valence-corrected chi connectivity index (χ1v) is 10.6. The summed E-state index contributed by atoms with van der Waals surface area (Å²) in [7, 11) is 0. The van der Waals surface area contributed by atoms with Gasteiger partial charge in [0.05, 0.1) is 5.56 Å². The summed E-state index contributed by atoms with van der Waals surface area (Å²) in [5, 5.41) is 2.62. The number of esters is 4. The lowest BCUT2D eigenvalue weighted by atomic mass is 9.87. The molecule has 186 valence electrons. The van der Waals surface area contributed by atoms with E-state index in [1.54, 1.807) is 12.1 Å². The van der Waals surface area contributed by atoms with Crippen LogP contribution in [0.25, 0.3) is 0 Å². The molecular weight excluding hydrogens is 458 g/mol. The van der Waals surface area contributed by atoms with Gasteiger partial charge in [0.15, 0.2) is 18.1 Å². The summed E-state index contributed by atoms with van der Waals surface area (Å²) < 4.78 is 20.0. The molecule has 0 spiro atoms. The van der Waals surface area contributed by atoms with Crippen molar-refractivity contribution in [1.82, 2.24) is 0 Å². The Bertz CT molecular complexity index is 1110. The van der Waals surface area contributed by atoms with Crippen molar-refractivity contribution < 1.29 is 42.9 Å². The highest BCUT2D eigenvalue weighted by Crippen LogP contribution is 2.39. The van der Waals surface area contributed by atoms with E-state index in [1.165, 1.54) is 0 Å². The lowest BCUT2D eigenvalue weighted by molar-refractivity contribution is -0.135. The summed E-state index contributed by atoms with van der Waals surface area (Å²) in [5.41, 5.74) is 1.36. The molecular formula is C25H27NO9. The number of anilines is 1. The minimum Gasteiger partial charge on any atom is -0.452 e. The highest BCUT2D eigenvalue weighted by Gasteiger charge is 2.23. The fourth-order valence-electron chi connectivity index (χ4n) is 2.87. The normalized spacial score (nSPS) is 10.7. The summed E-state index contributed by atoms with van der Waals surface area (Å²) in [4.78, 5) is 59.3. The molecule has 0 bridgehead atoms. The monoisotopic (exact) mass is 485 g/mol. The molecule has 0 saturated heterocycles. The van der Waals surface area contributed by atoms with Gasteiger partial charge in [0.1, 0.15) is 0 Å². The molecule has 0 aliphatic carbocycles. The van der Waals surface area contributed by atoms with Gasteiger partial charge in [-0.2, -0.15) is 0 Å². The van der Waals surface area contributed by atoms with E-state index >= 15 is 0 Å². The van der Waals surface area contributed by atoms with Crippen molar-refractivity contribution in [3.05, 3.63) is 47.5 Å². The van der Waals surface area contributed by atoms with Gasteiger partial charge >= 0.3 is 23.9 Å². The Kier molecular flexibility index (Phi) is 8.71. The average molecular weight is 485 g/mol. The molecule has 0 radical (unpaired) electrons. The maximum Gasteiger partial charge on any atom is 0.338 e. The predicted octanol–water partition coefficient (Wildman–Crippen LogP) is 3.56. The summed E-state index contributed by atoms with van der Waals surface area (Å²) in [6.45, 7) is 8.86. The second-order valence-corrected chi connectivity index (χ2v) is 8.53. The quantitative estimate of drug-likeness (QED) is 0.461. The second-order valence-electron chi connectivity index (χ2n) is 8.53. The van der Waals surface area contributed by atoms with E-state index < -0.39 is 36.4 Å². The number of hydrogen-bond donors (Lipinski definition) is 1. The SMILES string of the molecule is CC(=O)Oc1cc(C(=O)OCC(=O)Nc2ccc(C(C)(C)C)cc2)cc(OC(C)=O)c1OC(C)=O. The number of rotatable bonds is 7. The average Bonchev–Trinajstić information content (AvgIpc) is 2.72. The molecule has 0 aliphatic heterocycles. The van der Waals surface area contributed by atoms with Crippen LogP contribution in [0.2, 0.25) is 0 Å². The standard InChI is InChI=1S/C25H27NO9/c1-14(27)33-20-11-17(12-21(34-15(2)28)23(20)35-16(3)29)24(31)32-13-22(30)26-19-9-7-18(8-10-19)25(4,5)6/h7-12H,13H2,1-6H3,(H,26,30). The first kappa shape index (κ1) is 27.0. The maximum absolute atomic E-state index is 12.6. The van der Waals surface area contributed by atoms with Crippen molar-refractivity contribution in [2.75, 3.05) is 11.9 Å². The largest absolute Gasteiger partial charge is 0.452 e. The highest BCUT2D eigenvalue weighted by molar-refractivity contribution is 5.96. The molecule has 1 N–H and O–H groups in total. The van der Waals surface area contributed by atoms with E-state index in [0.29, 0.717) is 5.69 Å². The Hall–Kier alpha value is -4.21. The molecule has 2 aromatic carbocycles. The molecule has 0 fully saturated rings. The van der Waals surface area contributed by atoms with Crippen molar-refractivity contribution >= 4 is 35.5 Å². The number of carbonyl (C=O) groups excluding carboxylic acids is 5. The fourth-order valence-corrected chi connectivity index (χ4v) is 2.87. The minimum atomic E-state index is -0.973. The van der Waals surface area contributed by atoms with Crippen molar-refractivity contribution in [1.29, 1.82) is 0 Å². The highest BCUT2D eigenvalue weighted by atomic mass is 16.6. The Morgan fingerprint density at radius 3 is 1.69 bits per heavy atom. The summed E-state index contributed by atoms with van der Waals surface area (Å²) >= 11 is 0. The van der Waals surface area contributed by atoms with Crippen LogP contribution in [-0.2, 0) is 29.3 Å². The number of carbonyl (C=O) groups is 5. The first-order valence-electron chi connectivity index (χ1n) is 10.6. The molecule has 2 aromatic rings. The number of nitrogens with one attached hydrogen (secondary N) is 1. The van der Waals surface area contributed by atoms with Gasteiger partial charge in [-0.25, -0.2) is 4.79 Å². The van der Waals surface area contributed by atoms with E-state index in [1.807, 2.05) is 12.1 Å². The lowest BCUT2D eigenvalue weighted by Gasteiger charge is -2.19. The molecule has 35 heavy (non-hydrogen) atoms. The molecule has 10 nitrogen and oxygen atoms in total. The van der Waals surface area contributed by atoms with Crippen molar-refractivity contribution in [3.8, 4) is 17.2 Å². The van der Waals surface area contributed by atoms with E-state index in [0.717, 1.165) is 38.5 Å². The van der Waals surface area contributed by atoms with Crippen LogP contribution in [0.3, 0.4) is 0 Å². The van der Waals surface area contributed by atoms with Crippen LogP contribution in [-0.4, -0.2) is 36.4 Å². The molecule has 0 aromatic heterocycles. The molecule has 0 unspecified atom stereocenters. The van der Waals surface area contributed by atoms with Gasteiger partial charge in [-0.3, -0.25) is 19.2 Å². The zero-order chi connectivity index (χ0) is 26.3. The van der Waals surface area contributed by atoms with Crippen LogP contribution in [0, 0.1) is 0 Å². The molecule has 1 amide bonds. The molecule has 0 aliphatic rings. The Morgan fingerprint density at radius 2 is 1.26 bits per heavy atom. The number of hydrogen-bond acceptors (Lipinski definition) is 9. The lowest BCUT2D eigenvalue weighted by Crippen LogP contribution is -2.21. The zero-order valence-corrected chi connectivity index (χ0v) is 20.3. The number of amides is 1. The molecule has 0 heterocycles. The van der Waals surface area contributed by atoms with Gasteiger partial charge in [0.2, 0.25) is 5.75 Å². The van der Waals surface area contributed by atoms with Crippen LogP contribution in [0.15, 0.2) is 36.4 Å². The minimum absolute atomic E-state index is 0.0427. The Balaban J connectivity index is 2.19. The van der Waals surface area contributed by atoms with Gasteiger partial charge in [-0.1, -0.05) is 32.9 Å². The van der Waals surface area contributed by atoms with Crippen LogP contribution in [0.5, 0.6) is 17.2 Å². The van der Waals surface area contributed by atoms with Crippen molar-refractivity contribution in [3.63, 3.8) is 0 Å². The topological polar surface area (TPSA) is 134 Å². The second kappa shape index (κ2) is 11.3. The third kappa shape index (κ3) is 8.26. The van der Waals surface area contributed by atoms with Gasteiger partial charge in [-0.15, -0.1) is 0 Å². The van der Waals surface area contributed by atoms with Gasteiger partial charge in [0.25, 0.3) is 5.91 Å². The van der Waals surface area contributed by atoms with Gasteiger partial charge < -0.3 is 24.3 Å². The molecule has 10 heteroatoms. The summed E-state index contributed by atoms with van der Waals surface area (Å²) in [6, 6.07) is 9.39. The van der Waals surface area contributed by atoms with Crippen LogP contribution >= 0.6 is 0 Å². The van der Waals surface area contributed by atoms with Crippen molar-refractivity contribution in [2.24, 2.45) is 0 Å². The Morgan fingerprint density at radius 1 is 0.771 bits per heavy atom. The van der Waals surface area contributed by atoms with E-state index in [-0.39, 0.29) is 28.2 Å². The maximum atomic E-state index is 12.6. The van der Waals surface area contributed by atoms with Crippen LogP contribution in [0.1, 0.15) is 57.5 Å². The molecule has 2 rings (SSSR count). The molecule has 0 atom stereocenters. The third-order valence-electron chi connectivity index (χ3n) is 4.38. The Labute approximate surface area is 202 Å². The van der Waals surface area contributed by atoms with E-state index in [9.17, 15) is 24.0 Å². The summed E-state index contributed by atoms with van der Waals surface area (Å²) in [5.74, 6) is -4.96. The molecule has 0 saturated carbocycles. The first-order chi connectivity index (χ1) is 16.3. The summed E-state index contributed by atoms with van der Waals surface area (Å²) in [6.07, 6.45) is 0. The number of ether oxygens (including phenoxy) is 4. The van der Waals surface area contributed by atoms with Crippen LogP contribution < -0.4 is 19.5 Å². The zero-order valence-electron chi connectivity index (χ0n) is 20.3. The number of benzene rings is 2. The smallest absolute Gasteiger partial charge is 0.338 e.